The van der Waals surface area contributed by atoms with Gasteiger partial charge in [-0.05, 0) is 80.9 Å². The first-order chi connectivity index (χ1) is 18.2. The normalized spacial score (nSPS) is 15.1. The van der Waals surface area contributed by atoms with Gasteiger partial charge in [0.15, 0.2) is 0 Å². The van der Waals surface area contributed by atoms with Crippen LogP contribution in [-0.2, 0) is 9.59 Å². The van der Waals surface area contributed by atoms with Crippen LogP contribution in [0.4, 0.5) is 16.2 Å². The van der Waals surface area contributed by atoms with E-state index in [1.807, 2.05) is 49.6 Å². The van der Waals surface area contributed by atoms with Crippen LogP contribution in [0.25, 0.3) is 11.8 Å². The van der Waals surface area contributed by atoms with Crippen LogP contribution in [0.2, 0.25) is 10.0 Å². The Balaban J connectivity index is 1.66. The average Bonchev–Trinajstić information content (AvgIpc) is 3.16. The molecule has 190 valence electrons. The van der Waals surface area contributed by atoms with Crippen LogP contribution in [0.1, 0.15) is 22.5 Å². The number of benzene rings is 3. The first-order valence-corrected chi connectivity index (χ1v) is 12.6. The molecule has 0 saturated carbocycles. The Hall–Kier alpha value is -4.13. The summed E-state index contributed by atoms with van der Waals surface area (Å²) in [6.45, 7) is 5.69. The van der Waals surface area contributed by atoms with Crippen LogP contribution in [-0.4, -0.2) is 22.4 Å². The quantitative estimate of drug-likeness (QED) is 0.200. The zero-order valence-corrected chi connectivity index (χ0v) is 22.4. The first-order valence-electron chi connectivity index (χ1n) is 11.9. The molecule has 1 aliphatic heterocycles. The van der Waals surface area contributed by atoms with Crippen molar-refractivity contribution in [2.24, 2.45) is 0 Å². The summed E-state index contributed by atoms with van der Waals surface area (Å²) in [6.07, 6.45) is 1.54. The molecule has 2 heterocycles. The average molecular weight is 544 g/mol. The van der Waals surface area contributed by atoms with E-state index < -0.39 is 17.8 Å². The van der Waals surface area contributed by atoms with Crippen LogP contribution < -0.4 is 9.80 Å². The first kappa shape index (κ1) is 25.5. The molecule has 0 unspecified atom stereocenters. The van der Waals surface area contributed by atoms with Gasteiger partial charge in [0.25, 0.3) is 11.8 Å². The molecular formula is C30H23Cl2N3O3. The second-order valence-corrected chi connectivity index (χ2v) is 9.89. The van der Waals surface area contributed by atoms with Crippen molar-refractivity contribution in [3.8, 4) is 5.69 Å². The van der Waals surface area contributed by atoms with Gasteiger partial charge >= 0.3 is 6.03 Å². The number of hydrogen-bond acceptors (Lipinski definition) is 3. The fraction of sp³-hybridized carbons (Fsp3) is 0.100. The fourth-order valence-electron chi connectivity index (χ4n) is 4.58. The number of barbiturate groups is 1. The van der Waals surface area contributed by atoms with E-state index in [1.54, 1.807) is 54.6 Å². The van der Waals surface area contributed by atoms with Gasteiger partial charge < -0.3 is 4.57 Å². The van der Waals surface area contributed by atoms with Crippen molar-refractivity contribution in [2.45, 2.75) is 20.8 Å². The molecule has 1 fully saturated rings. The molecule has 0 spiro atoms. The predicted octanol–water partition coefficient (Wildman–Crippen LogP) is 7.29. The highest BCUT2D eigenvalue weighted by Gasteiger charge is 2.43. The molecule has 38 heavy (non-hydrogen) atoms. The molecule has 6 nitrogen and oxygen atoms in total. The third-order valence-electron chi connectivity index (χ3n) is 6.48. The Bertz CT molecular complexity index is 1620. The van der Waals surface area contributed by atoms with Gasteiger partial charge in [-0.3, -0.25) is 9.59 Å². The van der Waals surface area contributed by atoms with Crippen molar-refractivity contribution in [1.82, 2.24) is 4.57 Å². The molecule has 1 saturated heterocycles. The Kier molecular flexibility index (Phi) is 6.69. The van der Waals surface area contributed by atoms with Gasteiger partial charge in [0, 0.05) is 16.4 Å². The van der Waals surface area contributed by atoms with Gasteiger partial charge in [-0.15, -0.1) is 0 Å². The molecule has 3 aromatic carbocycles. The van der Waals surface area contributed by atoms with Gasteiger partial charge in [0.1, 0.15) is 5.57 Å². The van der Waals surface area contributed by atoms with Crippen molar-refractivity contribution in [3.05, 3.63) is 117 Å². The lowest BCUT2D eigenvalue weighted by Gasteiger charge is -2.34. The second-order valence-electron chi connectivity index (χ2n) is 9.05. The van der Waals surface area contributed by atoms with Gasteiger partial charge in [-0.1, -0.05) is 59.1 Å². The summed E-state index contributed by atoms with van der Waals surface area (Å²) in [5, 5.41) is 0.985. The molecule has 4 aromatic rings. The number of urea groups is 1. The Morgan fingerprint density at radius 2 is 1.32 bits per heavy atom. The molecule has 0 bridgehead atoms. The molecule has 0 aliphatic carbocycles. The highest BCUT2D eigenvalue weighted by Crippen LogP contribution is 2.33. The lowest BCUT2D eigenvalue weighted by molar-refractivity contribution is -0.121. The second kappa shape index (κ2) is 9.97. The molecule has 0 atom stereocenters. The van der Waals surface area contributed by atoms with E-state index in [4.69, 9.17) is 23.2 Å². The van der Waals surface area contributed by atoms with Crippen LogP contribution in [0.5, 0.6) is 0 Å². The zero-order valence-electron chi connectivity index (χ0n) is 20.9. The van der Waals surface area contributed by atoms with E-state index in [2.05, 4.69) is 0 Å². The maximum absolute atomic E-state index is 13.7. The number of para-hydroxylation sites is 1. The Morgan fingerprint density at radius 3 is 1.92 bits per heavy atom. The zero-order chi connectivity index (χ0) is 27.1. The van der Waals surface area contributed by atoms with Crippen molar-refractivity contribution in [1.29, 1.82) is 0 Å². The summed E-state index contributed by atoms with van der Waals surface area (Å²) < 4.78 is 1.93. The number of anilines is 2. The van der Waals surface area contributed by atoms with E-state index in [-0.39, 0.29) is 5.57 Å². The van der Waals surface area contributed by atoms with E-state index in [0.29, 0.717) is 27.0 Å². The number of imide groups is 2. The molecule has 5 rings (SSSR count). The summed E-state index contributed by atoms with van der Waals surface area (Å²) in [5.74, 6) is -1.38. The van der Waals surface area contributed by atoms with E-state index in [9.17, 15) is 14.4 Å². The standard InChI is InChI=1S/C30H23Cl2N3O3/c1-18-9-12-24(13-10-18)35-29(37)25(28(36)34(30(35)38)23-7-5-4-6-8-23)16-21-15-19(2)33(20(21)3)27-14-11-22(31)17-26(27)32/h4-17H,1-3H3/b25-16+. The molecular weight excluding hydrogens is 521 g/mol. The van der Waals surface area contributed by atoms with Crippen LogP contribution in [0, 0.1) is 20.8 Å². The number of hydrogen-bond donors (Lipinski definition) is 0. The minimum absolute atomic E-state index is 0.128. The molecule has 4 amide bonds. The van der Waals surface area contributed by atoms with Gasteiger partial charge in [-0.25, -0.2) is 14.6 Å². The summed E-state index contributed by atoms with van der Waals surface area (Å²) in [4.78, 5) is 43.0. The summed E-state index contributed by atoms with van der Waals surface area (Å²) >= 11 is 12.6. The monoisotopic (exact) mass is 543 g/mol. The van der Waals surface area contributed by atoms with Crippen molar-refractivity contribution in [2.75, 3.05) is 9.80 Å². The van der Waals surface area contributed by atoms with Gasteiger partial charge in [0.2, 0.25) is 0 Å². The lowest BCUT2D eigenvalue weighted by Crippen LogP contribution is -2.57. The smallest absolute Gasteiger partial charge is 0.316 e. The van der Waals surface area contributed by atoms with Crippen molar-refractivity contribution in [3.63, 3.8) is 0 Å². The Morgan fingerprint density at radius 1 is 0.711 bits per heavy atom. The fourth-order valence-corrected chi connectivity index (χ4v) is 5.07. The largest absolute Gasteiger partial charge is 0.343 e. The van der Waals surface area contributed by atoms with Crippen molar-refractivity contribution >= 4 is 58.5 Å². The molecule has 1 aliphatic rings. The topological polar surface area (TPSA) is 62.6 Å². The third kappa shape index (κ3) is 4.42. The van der Waals surface area contributed by atoms with E-state index in [0.717, 1.165) is 32.4 Å². The van der Waals surface area contributed by atoms with Crippen molar-refractivity contribution < 1.29 is 14.4 Å². The number of halogens is 2. The SMILES string of the molecule is Cc1ccc(N2C(=O)/C(=C/c3cc(C)n(-c4ccc(Cl)cc4Cl)c3C)C(=O)N(c3ccccc3)C2=O)cc1. The highest BCUT2D eigenvalue weighted by atomic mass is 35.5. The highest BCUT2D eigenvalue weighted by molar-refractivity contribution is 6.46. The van der Waals surface area contributed by atoms with Gasteiger partial charge in [0.05, 0.1) is 22.1 Å². The van der Waals surface area contributed by atoms with Crippen LogP contribution in [0.15, 0.2) is 84.4 Å². The van der Waals surface area contributed by atoms with E-state index in [1.165, 1.54) is 6.08 Å². The minimum atomic E-state index is -0.731. The molecule has 8 heteroatoms. The molecule has 0 N–H and O–H groups in total. The Labute approximate surface area is 230 Å². The maximum atomic E-state index is 13.7. The number of aromatic nitrogens is 1. The predicted molar refractivity (Wildman–Crippen MR) is 151 cm³/mol. The third-order valence-corrected chi connectivity index (χ3v) is 7.01. The molecule has 1 aromatic heterocycles. The number of nitrogens with zero attached hydrogens (tertiary/aromatic N) is 3. The van der Waals surface area contributed by atoms with E-state index >= 15 is 0 Å². The summed E-state index contributed by atoms with van der Waals surface area (Å²) in [6, 6.07) is 21.9. The summed E-state index contributed by atoms with van der Waals surface area (Å²) in [5.41, 5.74) is 4.59. The summed E-state index contributed by atoms with van der Waals surface area (Å²) in [7, 11) is 0. The lowest BCUT2D eigenvalue weighted by atomic mass is 10.0. The number of amides is 4. The maximum Gasteiger partial charge on any atom is 0.343 e. The number of rotatable bonds is 4. The number of aryl methyl sites for hydroxylation is 2. The van der Waals surface area contributed by atoms with Gasteiger partial charge in [-0.2, -0.15) is 0 Å². The minimum Gasteiger partial charge on any atom is -0.316 e. The number of carbonyl (C=O) groups is 3. The van der Waals surface area contributed by atoms with Crippen LogP contribution in [0.3, 0.4) is 0 Å². The molecule has 0 radical (unpaired) electrons. The van der Waals surface area contributed by atoms with Crippen LogP contribution >= 0.6 is 23.2 Å². The number of carbonyl (C=O) groups excluding carboxylic acids is 3.